The smallest absolute Gasteiger partial charge is 0.390 e. The Labute approximate surface area is 554 Å². The van der Waals surface area contributed by atoms with Gasteiger partial charge in [-0.15, -0.1) is 0 Å². The van der Waals surface area contributed by atoms with Crippen molar-refractivity contribution in [3.8, 4) is 0 Å². The predicted octanol–water partition coefficient (Wildman–Crippen LogP) is 2.76. The van der Waals surface area contributed by atoms with Crippen LogP contribution >= 0.6 is 0 Å². The fraction of sp³-hybridized carbons (Fsp3) is 0.574. The molecule has 0 spiro atoms. The molecular formula is C54H76Mo2N6O28-6. The van der Waals surface area contributed by atoms with Crippen LogP contribution < -0.4 is 0 Å². The van der Waals surface area contributed by atoms with Gasteiger partial charge >= 0.3 is 102 Å². The summed E-state index contributed by atoms with van der Waals surface area (Å²) in [5.74, 6) is -5.02. The van der Waals surface area contributed by atoms with Crippen molar-refractivity contribution in [1.29, 1.82) is 0 Å². The van der Waals surface area contributed by atoms with Crippen LogP contribution in [0.4, 0.5) is 0 Å². The van der Waals surface area contributed by atoms with E-state index in [-0.39, 0.29) is 114 Å². The van der Waals surface area contributed by atoms with E-state index in [9.17, 15) is 43.2 Å². The second kappa shape index (κ2) is 118. The van der Waals surface area contributed by atoms with E-state index < -0.39 is 84.0 Å². The monoisotopic (exact) mass is 1450 g/mol. The van der Waals surface area contributed by atoms with Gasteiger partial charge in [-0.25, -0.2) is 68.2 Å². The van der Waals surface area contributed by atoms with Crippen LogP contribution in [-0.2, 0) is 176 Å². The summed E-state index contributed by atoms with van der Waals surface area (Å²) in [4.78, 5) is 195. The standard InChI is InChI=1S/2C9H13NO4.C8H13NO2.C7H9NO4.2C6H9NO2.2CO2.6CHO.CH4.2Mo/c2*1-4-13-8(11)6-7(10-3)9(12)14-5-2;1-4-6-7(9-3)8(10)11-5-2;1-8-5(7(10)12-3)4-6(9)11-2;2*1-4-5(7-2)6(8)9-3;2*2-1-3;6*1-2;;;/h2*7H,4-6H2,1-2H3;7H,4-6H2,1-2H3;5H,4H2,2-3H3;2*5H,4H2,1,3H3;;;6*1H;1H4;;/q;;;;;;;;6*-1;;;. The Balaban J connectivity index is -0.0000000448. The van der Waals surface area contributed by atoms with Crippen LogP contribution in [-0.4, -0.2) is 204 Å². The van der Waals surface area contributed by atoms with Crippen molar-refractivity contribution < 1.29 is 176 Å². The normalized spacial score (nSPS) is 9.18. The van der Waals surface area contributed by atoms with Crippen molar-refractivity contribution in [3.05, 3.63) is 68.5 Å². The Bertz CT molecular complexity index is 2010. The fourth-order valence-electron chi connectivity index (χ4n) is 3.80. The van der Waals surface area contributed by atoms with Crippen LogP contribution in [0.5, 0.6) is 0 Å². The maximum Gasteiger partial charge on any atom is 0.390 e. The second-order valence-corrected chi connectivity index (χ2v) is 12.3. The number of methoxy groups -OCH3 is 4. The number of carbonyl (C=O) groups excluding carboxylic acids is 19. The van der Waals surface area contributed by atoms with E-state index >= 15 is 0 Å². The van der Waals surface area contributed by atoms with Gasteiger partial charge in [0.05, 0.1) is 61.5 Å². The molecule has 0 rings (SSSR count). The Morgan fingerprint density at radius 1 is 0.333 bits per heavy atom. The van der Waals surface area contributed by atoms with Gasteiger partial charge in [-0.05, 0) is 41.0 Å². The Morgan fingerprint density at radius 3 is 0.678 bits per heavy atom. The van der Waals surface area contributed by atoms with E-state index in [1.165, 1.54) is 21.3 Å². The van der Waals surface area contributed by atoms with Crippen LogP contribution in [0.25, 0.3) is 29.1 Å². The van der Waals surface area contributed by atoms with Gasteiger partial charge in [-0.1, -0.05) is 28.2 Å². The molecule has 34 nitrogen and oxygen atoms in total. The summed E-state index contributed by atoms with van der Waals surface area (Å²) in [6.07, 6.45) is 2.25. The molecule has 0 fully saturated rings. The Morgan fingerprint density at radius 2 is 0.522 bits per heavy atom. The number of rotatable bonds is 21. The molecule has 0 aromatic carbocycles. The zero-order valence-electron chi connectivity index (χ0n) is 50.8. The van der Waals surface area contributed by atoms with E-state index in [0.717, 1.165) is 13.5 Å². The van der Waals surface area contributed by atoms with E-state index in [2.05, 4.69) is 108 Å². The summed E-state index contributed by atoms with van der Waals surface area (Å²) in [7, 11) is 4.94. The van der Waals surface area contributed by atoms with Crippen molar-refractivity contribution in [3.63, 3.8) is 0 Å². The molecule has 36 heteroatoms. The third-order valence-corrected chi connectivity index (χ3v) is 7.28. The average Bonchev–Trinajstić information content (AvgIpc) is 3.56. The van der Waals surface area contributed by atoms with Gasteiger partial charge in [0.2, 0.25) is 0 Å². The molecule has 6 unspecified atom stereocenters. The van der Waals surface area contributed by atoms with Crippen molar-refractivity contribution >= 4 is 107 Å². The SMILES string of the molecule is C.O=C=O.O=C=O.[C-]#[N+]C(CC(=O)OC)C(=O)OC.[C-]#[N+]C(CC(=O)OCC)C(=O)OCC.[C-]#[N+]C(CC(=O)OCC)C(=O)OCC.[C-]#[N+]C(CC)C(=O)OC.[C-]#[N+]C(CC)C(=O)OC.[C-]#[N+]C(CCC)C(=O)OCC.[CH-]=O.[CH-]=O.[CH-]=O.[CH-]=O.[CH-]=O.[CH-]=O.[Mo].[Mo]. The van der Waals surface area contributed by atoms with Gasteiger partial charge in [0.25, 0.3) is 0 Å². The molecular weight excluding hydrogens is 1370 g/mol. The third kappa shape index (κ3) is 100. The minimum atomic E-state index is -1.08. The largest absolute Gasteiger partial charge is 0.545 e. The first-order chi connectivity index (χ1) is 41.6. The molecule has 0 aliphatic rings. The van der Waals surface area contributed by atoms with Gasteiger partial charge < -0.3 is 100 Å². The molecule has 0 bridgehead atoms. The molecule has 0 aliphatic carbocycles. The molecule has 6 atom stereocenters. The number of hydrogen-bond acceptors (Lipinski definition) is 28. The Hall–Kier alpha value is -9.67. The molecule has 0 saturated heterocycles. The van der Waals surface area contributed by atoms with Gasteiger partial charge in [-0.2, -0.15) is 19.2 Å². The van der Waals surface area contributed by atoms with E-state index in [1.807, 2.05) is 6.92 Å². The summed E-state index contributed by atoms with van der Waals surface area (Å²) in [6.45, 7) is 74.3. The summed E-state index contributed by atoms with van der Waals surface area (Å²) >= 11 is 0. The topological polar surface area (TPSA) is 434 Å². The molecule has 90 heavy (non-hydrogen) atoms. The Kier molecular flexibility index (Phi) is 165. The number of nitrogens with zero attached hydrogens (tertiary/aromatic N) is 6. The molecule has 0 radical (unpaired) electrons. The van der Waals surface area contributed by atoms with E-state index in [4.69, 9.17) is 92.1 Å². The van der Waals surface area contributed by atoms with Crippen molar-refractivity contribution in [1.82, 2.24) is 0 Å². The number of esters is 9. The van der Waals surface area contributed by atoms with Gasteiger partial charge in [0, 0.05) is 61.4 Å². The van der Waals surface area contributed by atoms with Gasteiger partial charge in [0.1, 0.15) is 19.3 Å². The van der Waals surface area contributed by atoms with Crippen LogP contribution in [0.1, 0.15) is 108 Å². The first kappa shape index (κ1) is 126. The van der Waals surface area contributed by atoms with Crippen molar-refractivity contribution in [2.24, 2.45) is 0 Å². The van der Waals surface area contributed by atoms with Crippen LogP contribution in [0.2, 0.25) is 0 Å². The molecule has 0 aromatic rings. The number of hydrogen-bond donors (Lipinski definition) is 0. The minimum absolute atomic E-state index is 0. The molecule has 0 aromatic heterocycles. The van der Waals surface area contributed by atoms with Crippen LogP contribution in [0.3, 0.4) is 0 Å². The maximum atomic E-state index is 11.1. The van der Waals surface area contributed by atoms with Crippen LogP contribution in [0, 0.1) is 39.4 Å². The zero-order valence-corrected chi connectivity index (χ0v) is 54.9. The fourth-order valence-corrected chi connectivity index (χ4v) is 3.80. The van der Waals surface area contributed by atoms with E-state index in [1.54, 1.807) is 48.5 Å². The molecule has 508 valence electrons. The number of carbonyl (C=O) groups is 9. The summed E-state index contributed by atoms with van der Waals surface area (Å²) in [6, 6.07) is -5.02. The van der Waals surface area contributed by atoms with Crippen LogP contribution in [0.15, 0.2) is 0 Å². The quantitative estimate of drug-likeness (QED) is 0.0524. The summed E-state index contributed by atoms with van der Waals surface area (Å²) < 4.78 is 40.4. The zero-order chi connectivity index (χ0) is 72.2. The predicted molar refractivity (Wildman–Crippen MR) is 300 cm³/mol. The van der Waals surface area contributed by atoms with Gasteiger partial charge in [-0.3, -0.25) is 55.1 Å². The van der Waals surface area contributed by atoms with Crippen molar-refractivity contribution in [2.45, 2.75) is 144 Å². The molecule has 0 saturated carbocycles. The molecule has 0 amide bonds. The average molecular weight is 1450 g/mol. The summed E-state index contributed by atoms with van der Waals surface area (Å²) in [5, 5.41) is 0. The number of ether oxygens (including phenoxy) is 9. The molecule has 0 N–H and O–H groups in total. The first-order valence-corrected chi connectivity index (χ1v) is 23.3. The minimum Gasteiger partial charge on any atom is -0.545 e. The molecule has 0 heterocycles. The first-order valence-electron chi connectivity index (χ1n) is 23.3. The second-order valence-electron chi connectivity index (χ2n) is 12.3. The van der Waals surface area contributed by atoms with Crippen molar-refractivity contribution in [2.75, 3.05) is 61.5 Å². The van der Waals surface area contributed by atoms with Gasteiger partial charge in [0.15, 0.2) is 0 Å². The summed E-state index contributed by atoms with van der Waals surface area (Å²) in [5.41, 5.74) is 0. The van der Waals surface area contributed by atoms with E-state index in [0.29, 0.717) is 25.9 Å². The maximum absolute atomic E-state index is 11.1. The third-order valence-electron chi connectivity index (χ3n) is 7.28. The molecule has 0 aliphatic heterocycles.